The number of fused-ring (bicyclic) bond motifs is 1. The fourth-order valence-corrected chi connectivity index (χ4v) is 3.20. The van der Waals surface area contributed by atoms with Crippen molar-refractivity contribution in [2.75, 3.05) is 5.32 Å². The van der Waals surface area contributed by atoms with Crippen LogP contribution in [0.1, 0.15) is 10.5 Å². The highest BCUT2D eigenvalue weighted by molar-refractivity contribution is 6.04. The predicted octanol–water partition coefficient (Wildman–Crippen LogP) is 3.52. The van der Waals surface area contributed by atoms with Gasteiger partial charge in [0.2, 0.25) is 0 Å². The van der Waals surface area contributed by atoms with Crippen LogP contribution in [0.4, 0.5) is 18.9 Å². The number of carbonyl (C=O) groups is 1. The smallest absolute Gasteiger partial charge is 0.405 e. The number of benzene rings is 1. The first-order valence-corrected chi connectivity index (χ1v) is 9.70. The number of nitrogens with one attached hydrogen (secondary N) is 1. The number of amides is 1. The summed E-state index contributed by atoms with van der Waals surface area (Å²) in [7, 11) is 0. The van der Waals surface area contributed by atoms with Gasteiger partial charge in [0.05, 0.1) is 11.9 Å². The minimum absolute atomic E-state index is 0.116. The molecular weight excluding hydrogens is 453 g/mol. The number of anilines is 1. The lowest BCUT2D eigenvalue weighted by molar-refractivity contribution is -0.274. The average Bonchev–Trinajstić information content (AvgIpc) is 3.49. The number of ether oxygens (including phenoxy) is 1. The molecule has 0 fully saturated rings. The van der Waals surface area contributed by atoms with E-state index in [1.165, 1.54) is 59.9 Å². The normalized spacial score (nSPS) is 11.5. The number of hydrogen-bond acceptors (Lipinski definition) is 7. The number of pyridine rings is 1. The van der Waals surface area contributed by atoms with Crippen LogP contribution in [0.15, 0.2) is 73.6 Å². The third-order valence-corrected chi connectivity index (χ3v) is 4.66. The van der Waals surface area contributed by atoms with Crippen LogP contribution in [0.25, 0.3) is 22.7 Å². The van der Waals surface area contributed by atoms with Crippen LogP contribution in [0.5, 0.6) is 5.75 Å². The second kappa shape index (κ2) is 8.27. The molecule has 0 spiro atoms. The molecule has 10 nitrogen and oxygen atoms in total. The van der Waals surface area contributed by atoms with Gasteiger partial charge < -0.3 is 10.1 Å². The Bertz CT molecular complexity index is 1480. The van der Waals surface area contributed by atoms with Crippen molar-refractivity contribution in [2.24, 2.45) is 0 Å². The highest BCUT2D eigenvalue weighted by Crippen LogP contribution is 2.33. The Labute approximate surface area is 188 Å². The lowest BCUT2D eigenvalue weighted by Crippen LogP contribution is -2.17. The Balaban J connectivity index is 1.46. The fourth-order valence-electron chi connectivity index (χ4n) is 3.20. The molecular formula is C21H13F3N8O2. The Morgan fingerprint density at radius 2 is 1.76 bits per heavy atom. The molecule has 0 unspecified atom stereocenters. The molecule has 5 aromatic rings. The second-order valence-corrected chi connectivity index (χ2v) is 6.89. The van der Waals surface area contributed by atoms with Crippen LogP contribution in [-0.4, -0.2) is 46.6 Å². The summed E-state index contributed by atoms with van der Waals surface area (Å²) in [6.45, 7) is 0. The van der Waals surface area contributed by atoms with Crippen LogP contribution in [0, 0.1) is 0 Å². The van der Waals surface area contributed by atoms with Gasteiger partial charge in [0.15, 0.2) is 5.65 Å². The van der Waals surface area contributed by atoms with Gasteiger partial charge >= 0.3 is 6.36 Å². The van der Waals surface area contributed by atoms with E-state index < -0.39 is 18.0 Å². The van der Waals surface area contributed by atoms with E-state index in [1.807, 2.05) is 0 Å². The standard InChI is InChI=1S/C21H13F3N8O2/c22-21(23,24)34-17-6-2-1-4-13(17)14-8-9-32-19(29-14)16(10-27-32)30-20(33)15-5-3-7-18(28-15)31-11-25-26-12-31/h1-12H,(H,30,33). The van der Waals surface area contributed by atoms with Gasteiger partial charge in [-0.25, -0.2) is 14.5 Å². The average molecular weight is 466 g/mol. The first-order valence-electron chi connectivity index (χ1n) is 9.70. The Morgan fingerprint density at radius 3 is 2.56 bits per heavy atom. The number of alkyl halides is 3. The first kappa shape index (κ1) is 21.1. The van der Waals surface area contributed by atoms with Crippen molar-refractivity contribution in [1.29, 1.82) is 0 Å². The van der Waals surface area contributed by atoms with Gasteiger partial charge in [0, 0.05) is 11.8 Å². The summed E-state index contributed by atoms with van der Waals surface area (Å²) in [6.07, 6.45) is 0.931. The second-order valence-electron chi connectivity index (χ2n) is 6.89. The molecule has 0 aliphatic carbocycles. The van der Waals surface area contributed by atoms with Gasteiger partial charge in [0.1, 0.15) is 35.6 Å². The molecule has 1 N–H and O–H groups in total. The summed E-state index contributed by atoms with van der Waals surface area (Å²) in [5, 5.41) is 14.2. The zero-order valence-corrected chi connectivity index (χ0v) is 17.0. The Morgan fingerprint density at radius 1 is 0.971 bits per heavy atom. The largest absolute Gasteiger partial charge is 0.573 e. The molecule has 34 heavy (non-hydrogen) atoms. The van der Waals surface area contributed by atoms with E-state index in [0.29, 0.717) is 5.82 Å². The number of carbonyl (C=O) groups excluding carboxylic acids is 1. The zero-order chi connectivity index (χ0) is 23.7. The first-order chi connectivity index (χ1) is 16.4. The summed E-state index contributed by atoms with van der Waals surface area (Å²) in [6, 6.07) is 12.0. The van der Waals surface area contributed by atoms with Crippen molar-refractivity contribution in [3.05, 3.63) is 79.3 Å². The van der Waals surface area contributed by atoms with Crippen molar-refractivity contribution in [3.63, 3.8) is 0 Å². The molecule has 170 valence electrons. The van der Waals surface area contributed by atoms with Crippen LogP contribution < -0.4 is 10.1 Å². The molecule has 0 aliphatic rings. The highest BCUT2D eigenvalue weighted by atomic mass is 19.4. The van der Waals surface area contributed by atoms with Gasteiger partial charge in [-0.3, -0.25) is 9.36 Å². The highest BCUT2D eigenvalue weighted by Gasteiger charge is 2.32. The Kier molecular flexibility index (Phi) is 5.12. The van der Waals surface area contributed by atoms with Gasteiger partial charge in [-0.1, -0.05) is 18.2 Å². The molecule has 13 heteroatoms. The van der Waals surface area contributed by atoms with Crippen LogP contribution in [0.2, 0.25) is 0 Å². The molecule has 0 saturated heterocycles. The third kappa shape index (κ3) is 4.26. The molecule has 1 aromatic carbocycles. The van der Waals surface area contributed by atoms with E-state index in [0.717, 1.165) is 0 Å². The quantitative estimate of drug-likeness (QED) is 0.422. The van der Waals surface area contributed by atoms with Crippen molar-refractivity contribution in [1.82, 2.24) is 34.3 Å². The topological polar surface area (TPSA) is 112 Å². The van der Waals surface area contributed by atoms with Crippen molar-refractivity contribution in [3.8, 4) is 22.8 Å². The van der Waals surface area contributed by atoms with E-state index in [2.05, 4.69) is 35.3 Å². The number of para-hydroxylation sites is 1. The third-order valence-electron chi connectivity index (χ3n) is 4.66. The molecule has 5 rings (SSSR count). The summed E-state index contributed by atoms with van der Waals surface area (Å²) in [5.74, 6) is -0.482. The van der Waals surface area contributed by atoms with E-state index in [4.69, 9.17) is 0 Å². The minimum atomic E-state index is -4.86. The molecule has 4 aromatic heterocycles. The van der Waals surface area contributed by atoms with E-state index in [1.54, 1.807) is 22.8 Å². The lowest BCUT2D eigenvalue weighted by Gasteiger charge is -2.13. The molecule has 1 amide bonds. The SMILES string of the molecule is O=C(Nc1cnn2ccc(-c3ccccc3OC(F)(F)F)nc12)c1cccc(-n2cnnc2)n1. The van der Waals surface area contributed by atoms with Gasteiger partial charge in [-0.05, 0) is 30.3 Å². The molecule has 0 atom stereocenters. The zero-order valence-electron chi connectivity index (χ0n) is 17.0. The van der Waals surface area contributed by atoms with Crippen LogP contribution in [0.3, 0.4) is 0 Å². The maximum absolute atomic E-state index is 12.8. The number of rotatable bonds is 5. The maximum atomic E-state index is 12.8. The van der Waals surface area contributed by atoms with Gasteiger partial charge in [-0.2, -0.15) is 5.10 Å². The maximum Gasteiger partial charge on any atom is 0.573 e. The van der Waals surface area contributed by atoms with Gasteiger partial charge in [0.25, 0.3) is 5.91 Å². The minimum Gasteiger partial charge on any atom is -0.405 e. The summed E-state index contributed by atoms with van der Waals surface area (Å²) < 4.78 is 45.5. The van der Waals surface area contributed by atoms with Crippen LogP contribution in [-0.2, 0) is 0 Å². The summed E-state index contributed by atoms with van der Waals surface area (Å²) in [4.78, 5) is 21.5. The number of nitrogens with zero attached hydrogens (tertiary/aromatic N) is 7. The predicted molar refractivity (Wildman–Crippen MR) is 112 cm³/mol. The monoisotopic (exact) mass is 466 g/mol. The summed E-state index contributed by atoms with van der Waals surface area (Å²) in [5.41, 5.74) is 0.922. The fraction of sp³-hybridized carbons (Fsp3) is 0.0476. The van der Waals surface area contributed by atoms with Crippen molar-refractivity contribution in [2.45, 2.75) is 6.36 Å². The molecule has 0 radical (unpaired) electrons. The molecule has 4 heterocycles. The summed E-state index contributed by atoms with van der Waals surface area (Å²) >= 11 is 0. The van der Waals surface area contributed by atoms with Crippen molar-refractivity contribution >= 4 is 17.2 Å². The molecule has 0 bridgehead atoms. The van der Waals surface area contributed by atoms with Crippen LogP contribution >= 0.6 is 0 Å². The van der Waals surface area contributed by atoms with Crippen molar-refractivity contribution < 1.29 is 22.7 Å². The number of hydrogen-bond donors (Lipinski definition) is 1. The Hall–Kier alpha value is -4.81. The van der Waals surface area contributed by atoms with E-state index in [-0.39, 0.29) is 28.3 Å². The number of aromatic nitrogens is 7. The lowest BCUT2D eigenvalue weighted by atomic mass is 10.1. The van der Waals surface area contributed by atoms with Gasteiger partial charge in [-0.15, -0.1) is 23.4 Å². The molecule has 0 aliphatic heterocycles. The number of halogens is 3. The van der Waals surface area contributed by atoms with E-state index in [9.17, 15) is 18.0 Å². The molecule has 0 saturated carbocycles. The van der Waals surface area contributed by atoms with E-state index >= 15 is 0 Å².